The van der Waals surface area contributed by atoms with Crippen LogP contribution in [-0.4, -0.2) is 25.2 Å². The van der Waals surface area contributed by atoms with Crippen molar-refractivity contribution in [2.24, 2.45) is 0 Å². The first-order valence-electron chi connectivity index (χ1n) is 6.14. The van der Waals surface area contributed by atoms with Gasteiger partial charge in [-0.25, -0.2) is 9.78 Å². The first-order valence-corrected chi connectivity index (χ1v) is 6.94. The summed E-state index contributed by atoms with van der Waals surface area (Å²) in [5.74, 6) is 0.612. The van der Waals surface area contributed by atoms with Crippen LogP contribution in [0.1, 0.15) is 16.1 Å². The van der Waals surface area contributed by atoms with E-state index in [0.717, 1.165) is 11.3 Å². The average Bonchev–Trinajstić information content (AvgIpc) is 2.53. The summed E-state index contributed by atoms with van der Waals surface area (Å²) >= 11 is 3.22. The van der Waals surface area contributed by atoms with E-state index in [1.54, 1.807) is 19.2 Å². The van der Waals surface area contributed by atoms with Gasteiger partial charge in [-0.05, 0) is 45.8 Å². The van der Waals surface area contributed by atoms with Crippen LogP contribution in [0.5, 0.6) is 11.5 Å². The Labute approximate surface area is 131 Å². The van der Waals surface area contributed by atoms with E-state index in [1.165, 1.54) is 7.11 Å². The molecule has 0 aliphatic heterocycles. The second kappa shape index (κ2) is 7.08. The second-order valence-corrected chi connectivity index (χ2v) is 4.92. The molecule has 2 rings (SSSR count). The number of methoxy groups -OCH3 is 2. The van der Waals surface area contributed by atoms with Crippen molar-refractivity contribution in [1.82, 2.24) is 4.98 Å². The van der Waals surface area contributed by atoms with Crippen LogP contribution in [0.4, 0.5) is 0 Å². The van der Waals surface area contributed by atoms with Crippen LogP contribution in [0.3, 0.4) is 0 Å². The minimum Gasteiger partial charge on any atom is -0.497 e. The molecule has 1 heterocycles. The molecule has 6 heteroatoms. The van der Waals surface area contributed by atoms with Crippen molar-refractivity contribution in [3.63, 3.8) is 0 Å². The number of hydrogen-bond acceptors (Lipinski definition) is 5. The van der Waals surface area contributed by atoms with E-state index in [-0.39, 0.29) is 5.69 Å². The van der Waals surface area contributed by atoms with Gasteiger partial charge < -0.3 is 14.2 Å². The summed E-state index contributed by atoms with van der Waals surface area (Å²) in [6.07, 6.45) is 0. The van der Waals surface area contributed by atoms with Gasteiger partial charge in [0.2, 0.25) is 0 Å². The molecule has 2 aromatic rings. The molecule has 0 atom stereocenters. The number of rotatable bonds is 5. The van der Waals surface area contributed by atoms with Gasteiger partial charge in [-0.15, -0.1) is 0 Å². The maximum Gasteiger partial charge on any atom is 0.360 e. The Bertz CT molecular complexity index is 628. The van der Waals surface area contributed by atoms with E-state index in [4.69, 9.17) is 14.2 Å². The lowest BCUT2D eigenvalue weighted by molar-refractivity contribution is 0.0588. The minimum absolute atomic E-state index is 0.139. The third-order valence-electron chi connectivity index (χ3n) is 2.76. The maximum atomic E-state index is 11.7. The summed E-state index contributed by atoms with van der Waals surface area (Å²) < 4.78 is 16.0. The fraction of sp³-hybridized carbons (Fsp3) is 0.200. The Morgan fingerprint density at radius 3 is 2.48 bits per heavy atom. The number of pyridine rings is 1. The van der Waals surface area contributed by atoms with Crippen molar-refractivity contribution in [3.05, 3.63) is 52.3 Å². The standard InChI is InChI=1S/C15H14BrNO4/c1-19-11-5-3-10(4-6-11)9-21-12-7-8-13(16)17-14(12)15(18)20-2/h3-8H,9H2,1-2H3. The number of hydrogen-bond donors (Lipinski definition) is 0. The Morgan fingerprint density at radius 2 is 1.86 bits per heavy atom. The predicted octanol–water partition coefficient (Wildman–Crippen LogP) is 3.22. The lowest BCUT2D eigenvalue weighted by Crippen LogP contribution is -2.08. The number of aromatic nitrogens is 1. The zero-order valence-corrected chi connectivity index (χ0v) is 13.2. The highest BCUT2D eigenvalue weighted by Gasteiger charge is 2.15. The summed E-state index contributed by atoms with van der Waals surface area (Å²) in [6, 6.07) is 10.9. The quantitative estimate of drug-likeness (QED) is 0.611. The van der Waals surface area contributed by atoms with E-state index >= 15 is 0 Å². The molecule has 0 amide bonds. The molecular weight excluding hydrogens is 338 g/mol. The summed E-state index contributed by atoms with van der Waals surface area (Å²) in [6.45, 7) is 0.317. The summed E-state index contributed by atoms with van der Waals surface area (Å²) in [7, 11) is 2.92. The maximum absolute atomic E-state index is 11.7. The first kappa shape index (κ1) is 15.3. The van der Waals surface area contributed by atoms with E-state index < -0.39 is 5.97 Å². The van der Waals surface area contributed by atoms with Gasteiger partial charge >= 0.3 is 5.97 Å². The Kier molecular flexibility index (Phi) is 5.16. The number of benzene rings is 1. The van der Waals surface area contributed by atoms with Gasteiger partial charge in [0.05, 0.1) is 14.2 Å². The van der Waals surface area contributed by atoms with Gasteiger partial charge in [-0.2, -0.15) is 0 Å². The van der Waals surface area contributed by atoms with Crippen LogP contribution in [-0.2, 0) is 11.3 Å². The van der Waals surface area contributed by atoms with Crippen LogP contribution >= 0.6 is 15.9 Å². The largest absolute Gasteiger partial charge is 0.497 e. The van der Waals surface area contributed by atoms with Crippen molar-refractivity contribution < 1.29 is 19.0 Å². The summed E-state index contributed by atoms with van der Waals surface area (Å²) in [4.78, 5) is 15.8. The highest BCUT2D eigenvalue weighted by Crippen LogP contribution is 2.22. The number of carbonyl (C=O) groups is 1. The van der Waals surface area contributed by atoms with Gasteiger partial charge in [0, 0.05) is 0 Å². The van der Waals surface area contributed by atoms with Crippen LogP contribution < -0.4 is 9.47 Å². The van der Waals surface area contributed by atoms with E-state index in [0.29, 0.717) is 17.0 Å². The van der Waals surface area contributed by atoms with E-state index in [9.17, 15) is 4.79 Å². The van der Waals surface area contributed by atoms with Gasteiger partial charge in [0.15, 0.2) is 11.4 Å². The topological polar surface area (TPSA) is 57.7 Å². The lowest BCUT2D eigenvalue weighted by Gasteiger charge is -2.10. The Morgan fingerprint density at radius 1 is 1.14 bits per heavy atom. The van der Waals surface area contributed by atoms with Gasteiger partial charge in [-0.3, -0.25) is 0 Å². The highest BCUT2D eigenvalue weighted by molar-refractivity contribution is 9.10. The monoisotopic (exact) mass is 351 g/mol. The van der Waals surface area contributed by atoms with Crippen LogP contribution in [0.2, 0.25) is 0 Å². The molecule has 0 N–H and O–H groups in total. The molecule has 5 nitrogen and oxygen atoms in total. The third kappa shape index (κ3) is 3.95. The molecule has 0 aliphatic rings. The molecule has 0 unspecified atom stereocenters. The number of halogens is 1. The molecule has 21 heavy (non-hydrogen) atoms. The lowest BCUT2D eigenvalue weighted by atomic mass is 10.2. The van der Waals surface area contributed by atoms with Gasteiger partial charge in [-0.1, -0.05) is 12.1 Å². The number of nitrogens with zero attached hydrogens (tertiary/aromatic N) is 1. The summed E-state index contributed by atoms with van der Waals surface area (Å²) in [5, 5.41) is 0. The number of esters is 1. The van der Waals surface area contributed by atoms with Crippen LogP contribution in [0.15, 0.2) is 41.0 Å². The molecule has 110 valence electrons. The number of carbonyl (C=O) groups excluding carboxylic acids is 1. The van der Waals surface area contributed by atoms with E-state index in [2.05, 4.69) is 20.9 Å². The van der Waals surface area contributed by atoms with Crippen molar-refractivity contribution >= 4 is 21.9 Å². The molecule has 1 aromatic carbocycles. The predicted molar refractivity (Wildman–Crippen MR) is 80.6 cm³/mol. The van der Waals surface area contributed by atoms with Crippen LogP contribution in [0, 0.1) is 0 Å². The Balaban J connectivity index is 2.13. The summed E-state index contributed by atoms with van der Waals surface area (Å²) in [5.41, 5.74) is 1.09. The minimum atomic E-state index is -0.541. The zero-order valence-electron chi connectivity index (χ0n) is 11.6. The van der Waals surface area contributed by atoms with Crippen molar-refractivity contribution in [2.45, 2.75) is 6.61 Å². The second-order valence-electron chi connectivity index (χ2n) is 4.11. The normalized spacial score (nSPS) is 10.0. The van der Waals surface area contributed by atoms with Crippen molar-refractivity contribution in [3.8, 4) is 11.5 Å². The molecule has 1 aromatic heterocycles. The fourth-order valence-corrected chi connectivity index (χ4v) is 1.97. The fourth-order valence-electron chi connectivity index (χ4n) is 1.66. The third-order valence-corrected chi connectivity index (χ3v) is 3.20. The molecule has 0 bridgehead atoms. The average molecular weight is 352 g/mol. The molecule has 0 spiro atoms. The highest BCUT2D eigenvalue weighted by atomic mass is 79.9. The van der Waals surface area contributed by atoms with Crippen molar-refractivity contribution in [1.29, 1.82) is 0 Å². The molecular formula is C15H14BrNO4. The molecule has 0 radical (unpaired) electrons. The first-order chi connectivity index (χ1) is 10.1. The smallest absolute Gasteiger partial charge is 0.360 e. The molecule has 0 fully saturated rings. The molecule has 0 saturated carbocycles. The van der Waals surface area contributed by atoms with Gasteiger partial charge in [0.1, 0.15) is 17.0 Å². The van der Waals surface area contributed by atoms with Crippen LogP contribution in [0.25, 0.3) is 0 Å². The SMILES string of the molecule is COC(=O)c1nc(Br)ccc1OCc1ccc(OC)cc1. The zero-order chi connectivity index (χ0) is 15.2. The number of ether oxygens (including phenoxy) is 3. The van der Waals surface area contributed by atoms with E-state index in [1.807, 2.05) is 24.3 Å². The molecule has 0 aliphatic carbocycles. The Hall–Kier alpha value is -2.08. The van der Waals surface area contributed by atoms with Gasteiger partial charge in [0.25, 0.3) is 0 Å². The molecule has 0 saturated heterocycles. The van der Waals surface area contributed by atoms with Crippen molar-refractivity contribution in [2.75, 3.05) is 14.2 Å².